The molecule has 0 saturated carbocycles. The second-order valence-electron chi connectivity index (χ2n) is 4.27. The van der Waals surface area contributed by atoms with Crippen LogP contribution >= 0.6 is 11.3 Å². The van der Waals surface area contributed by atoms with Crippen LogP contribution in [-0.2, 0) is 0 Å². The summed E-state index contributed by atoms with van der Waals surface area (Å²) in [6.45, 7) is 0. The van der Waals surface area contributed by atoms with E-state index in [0.717, 1.165) is 11.3 Å². The number of nitro groups is 1. The molecule has 0 saturated heterocycles. The minimum Gasteiger partial charge on any atom is -0.403 e. The second-order valence-corrected chi connectivity index (χ2v) is 5.33. The van der Waals surface area contributed by atoms with Gasteiger partial charge in [-0.1, -0.05) is 22.5 Å². The van der Waals surface area contributed by atoms with Crippen molar-refractivity contribution in [3.05, 3.63) is 57.2 Å². The molecule has 8 nitrogen and oxygen atoms in total. The molecular weight excluding hydrogens is 327 g/mol. The number of benzene rings is 1. The standard InChI is InChI=1S/C13H7FN4O4S/c14-8-3-1-2-7(6-8)12-16-17-13(22-12)15-11(19)9-4-5-10(23-9)18(20)21/h1-6H,(H,15,17,19). The molecule has 0 aliphatic heterocycles. The SMILES string of the molecule is O=C(Nc1nnc(-c2cccc(F)c2)o1)c1ccc([N+](=O)[O-])s1. The van der Waals surface area contributed by atoms with E-state index in [2.05, 4.69) is 15.5 Å². The van der Waals surface area contributed by atoms with Crippen molar-refractivity contribution < 1.29 is 18.5 Å². The van der Waals surface area contributed by atoms with E-state index in [-0.39, 0.29) is 21.8 Å². The predicted octanol–water partition coefficient (Wildman–Crippen LogP) is 3.10. The van der Waals surface area contributed by atoms with E-state index in [0.29, 0.717) is 5.56 Å². The quantitative estimate of drug-likeness (QED) is 0.579. The van der Waals surface area contributed by atoms with Gasteiger partial charge in [-0.05, 0) is 24.3 Å². The highest BCUT2D eigenvalue weighted by Crippen LogP contribution is 2.25. The maximum absolute atomic E-state index is 13.1. The van der Waals surface area contributed by atoms with Gasteiger partial charge in [0.1, 0.15) is 5.82 Å². The van der Waals surface area contributed by atoms with Crippen LogP contribution in [0.4, 0.5) is 15.4 Å². The van der Waals surface area contributed by atoms with Crippen LogP contribution in [0.25, 0.3) is 11.5 Å². The zero-order valence-corrected chi connectivity index (χ0v) is 12.0. The summed E-state index contributed by atoms with van der Waals surface area (Å²) in [6.07, 6.45) is 0. The molecule has 0 aliphatic rings. The zero-order valence-electron chi connectivity index (χ0n) is 11.2. The molecule has 2 aromatic heterocycles. The van der Waals surface area contributed by atoms with Gasteiger partial charge in [0.05, 0.1) is 9.80 Å². The largest absolute Gasteiger partial charge is 0.403 e. The van der Waals surface area contributed by atoms with E-state index in [1.807, 2.05) is 0 Å². The molecule has 1 N–H and O–H groups in total. The summed E-state index contributed by atoms with van der Waals surface area (Å²) in [5, 5.41) is 20.1. The Balaban J connectivity index is 1.75. The lowest BCUT2D eigenvalue weighted by molar-refractivity contribution is -0.380. The summed E-state index contributed by atoms with van der Waals surface area (Å²) in [5.41, 5.74) is 0.366. The molecule has 1 aromatic carbocycles. The summed E-state index contributed by atoms with van der Waals surface area (Å²) in [5.74, 6) is -1.04. The van der Waals surface area contributed by atoms with Crippen molar-refractivity contribution in [3.63, 3.8) is 0 Å². The number of rotatable bonds is 4. The molecule has 0 spiro atoms. The highest BCUT2D eigenvalue weighted by atomic mass is 32.1. The third-order valence-corrected chi connectivity index (χ3v) is 3.75. The Hall–Kier alpha value is -3.14. The van der Waals surface area contributed by atoms with E-state index < -0.39 is 16.6 Å². The fraction of sp³-hybridized carbons (Fsp3) is 0. The fourth-order valence-electron chi connectivity index (χ4n) is 1.72. The molecule has 10 heteroatoms. The minimum absolute atomic E-state index is 0.0389. The summed E-state index contributed by atoms with van der Waals surface area (Å²) < 4.78 is 18.4. The maximum Gasteiger partial charge on any atom is 0.324 e. The van der Waals surface area contributed by atoms with Gasteiger partial charge in [0.25, 0.3) is 5.91 Å². The van der Waals surface area contributed by atoms with Crippen molar-refractivity contribution in [3.8, 4) is 11.5 Å². The number of nitrogens with one attached hydrogen (secondary N) is 1. The first-order valence-electron chi connectivity index (χ1n) is 6.18. The van der Waals surface area contributed by atoms with Crippen LogP contribution in [0, 0.1) is 15.9 Å². The Morgan fingerprint density at radius 3 is 2.83 bits per heavy atom. The molecule has 116 valence electrons. The van der Waals surface area contributed by atoms with Crippen molar-refractivity contribution >= 4 is 28.3 Å². The van der Waals surface area contributed by atoms with Crippen LogP contribution in [-0.4, -0.2) is 21.0 Å². The number of hydrogen-bond acceptors (Lipinski definition) is 7. The Kier molecular flexibility index (Phi) is 3.81. The monoisotopic (exact) mass is 334 g/mol. The molecule has 3 aromatic rings. The first-order chi connectivity index (χ1) is 11.0. The Labute approximate surface area is 131 Å². The van der Waals surface area contributed by atoms with Crippen molar-refractivity contribution in [1.82, 2.24) is 10.2 Å². The Morgan fingerprint density at radius 2 is 2.13 bits per heavy atom. The van der Waals surface area contributed by atoms with Gasteiger partial charge in [0, 0.05) is 11.6 Å². The van der Waals surface area contributed by atoms with Gasteiger partial charge in [-0.3, -0.25) is 20.2 Å². The summed E-state index contributed by atoms with van der Waals surface area (Å²) >= 11 is 0.723. The number of carbonyl (C=O) groups is 1. The van der Waals surface area contributed by atoms with Gasteiger partial charge >= 0.3 is 11.0 Å². The van der Waals surface area contributed by atoms with Crippen molar-refractivity contribution in [1.29, 1.82) is 0 Å². The lowest BCUT2D eigenvalue weighted by Crippen LogP contribution is -2.10. The van der Waals surface area contributed by atoms with Crippen LogP contribution in [0.5, 0.6) is 0 Å². The van der Waals surface area contributed by atoms with Crippen molar-refractivity contribution in [2.45, 2.75) is 0 Å². The molecule has 0 bridgehead atoms. The molecule has 1 amide bonds. The predicted molar refractivity (Wildman–Crippen MR) is 78.6 cm³/mol. The molecule has 0 fully saturated rings. The van der Waals surface area contributed by atoms with E-state index in [1.165, 1.54) is 30.3 Å². The van der Waals surface area contributed by atoms with Gasteiger partial charge in [0.2, 0.25) is 5.89 Å². The Bertz CT molecular complexity index is 891. The number of aromatic nitrogens is 2. The molecule has 2 heterocycles. The number of halogens is 1. The van der Waals surface area contributed by atoms with E-state index in [4.69, 9.17) is 4.42 Å². The topological polar surface area (TPSA) is 111 Å². The smallest absolute Gasteiger partial charge is 0.324 e. The van der Waals surface area contributed by atoms with Crippen LogP contribution < -0.4 is 5.32 Å². The van der Waals surface area contributed by atoms with Gasteiger partial charge < -0.3 is 4.42 Å². The average molecular weight is 334 g/mol. The number of anilines is 1. The molecule has 23 heavy (non-hydrogen) atoms. The number of amides is 1. The number of nitrogens with zero attached hydrogens (tertiary/aromatic N) is 3. The number of thiophene rings is 1. The molecule has 0 atom stereocenters. The van der Waals surface area contributed by atoms with Crippen molar-refractivity contribution in [2.24, 2.45) is 0 Å². The molecular formula is C13H7FN4O4S. The third kappa shape index (κ3) is 3.21. The first-order valence-corrected chi connectivity index (χ1v) is 6.99. The second kappa shape index (κ2) is 5.93. The lowest BCUT2D eigenvalue weighted by Gasteiger charge is -1.96. The normalized spacial score (nSPS) is 10.5. The lowest BCUT2D eigenvalue weighted by atomic mass is 10.2. The van der Waals surface area contributed by atoms with E-state index in [9.17, 15) is 19.3 Å². The fourth-order valence-corrected chi connectivity index (χ4v) is 2.43. The van der Waals surface area contributed by atoms with Crippen LogP contribution in [0.2, 0.25) is 0 Å². The molecule has 3 rings (SSSR count). The number of hydrogen-bond donors (Lipinski definition) is 1. The summed E-state index contributed by atoms with van der Waals surface area (Å²) in [6, 6.07) is 7.90. The van der Waals surface area contributed by atoms with Gasteiger partial charge in [-0.2, -0.15) is 0 Å². The van der Waals surface area contributed by atoms with E-state index >= 15 is 0 Å². The molecule has 0 unspecified atom stereocenters. The maximum atomic E-state index is 13.1. The highest BCUT2D eigenvalue weighted by Gasteiger charge is 2.18. The van der Waals surface area contributed by atoms with Crippen LogP contribution in [0.1, 0.15) is 9.67 Å². The van der Waals surface area contributed by atoms with Crippen molar-refractivity contribution in [2.75, 3.05) is 5.32 Å². The number of carbonyl (C=O) groups excluding carboxylic acids is 1. The van der Waals surface area contributed by atoms with Gasteiger partial charge in [-0.15, -0.1) is 5.10 Å². The summed E-state index contributed by atoms with van der Waals surface area (Å²) in [4.78, 5) is 22.1. The molecule has 0 aliphatic carbocycles. The van der Waals surface area contributed by atoms with Gasteiger partial charge in [0.15, 0.2) is 0 Å². The minimum atomic E-state index is -0.613. The first kappa shape index (κ1) is 14.8. The average Bonchev–Trinajstić information content (AvgIpc) is 3.16. The van der Waals surface area contributed by atoms with E-state index in [1.54, 1.807) is 6.07 Å². The summed E-state index contributed by atoms with van der Waals surface area (Å²) in [7, 11) is 0. The van der Waals surface area contributed by atoms with Gasteiger partial charge in [-0.25, -0.2) is 4.39 Å². The highest BCUT2D eigenvalue weighted by molar-refractivity contribution is 7.17. The Morgan fingerprint density at radius 1 is 1.30 bits per heavy atom. The third-order valence-electron chi connectivity index (χ3n) is 2.71. The van der Waals surface area contributed by atoms with Crippen LogP contribution in [0.15, 0.2) is 40.8 Å². The zero-order chi connectivity index (χ0) is 16.4. The van der Waals surface area contributed by atoms with Crippen LogP contribution in [0.3, 0.4) is 0 Å². The molecule has 0 radical (unpaired) electrons.